The summed E-state index contributed by atoms with van der Waals surface area (Å²) >= 11 is 0. The summed E-state index contributed by atoms with van der Waals surface area (Å²) in [6.45, 7) is 3.81. The van der Waals surface area contributed by atoms with Gasteiger partial charge in [-0.15, -0.1) is 0 Å². The van der Waals surface area contributed by atoms with E-state index in [4.69, 9.17) is 9.84 Å². The Kier molecular flexibility index (Phi) is 5.41. The van der Waals surface area contributed by atoms with Crippen LogP contribution < -0.4 is 10.3 Å². The maximum atomic E-state index is 13.6. The molecule has 0 N–H and O–H groups in total. The average molecular weight is 490 g/mol. The van der Waals surface area contributed by atoms with Crippen LogP contribution in [0.4, 0.5) is 0 Å². The fourth-order valence-corrected chi connectivity index (χ4v) is 4.65. The first kappa shape index (κ1) is 22.5. The van der Waals surface area contributed by atoms with Gasteiger partial charge in [-0.3, -0.25) is 9.59 Å². The molecule has 8 nitrogen and oxygen atoms in total. The number of aromatic nitrogens is 5. The predicted molar refractivity (Wildman–Crippen MR) is 141 cm³/mol. The number of esters is 1. The lowest BCUT2D eigenvalue weighted by molar-refractivity contribution is -0.131. The number of para-hydroxylation sites is 1. The number of benzene rings is 3. The largest absolute Gasteiger partial charge is 0.426 e. The van der Waals surface area contributed by atoms with E-state index in [1.165, 1.54) is 11.6 Å². The molecule has 0 saturated heterocycles. The zero-order valence-electron chi connectivity index (χ0n) is 20.3. The number of pyridine rings is 1. The van der Waals surface area contributed by atoms with Crippen molar-refractivity contribution >= 4 is 16.9 Å². The highest BCUT2D eigenvalue weighted by Crippen LogP contribution is 2.35. The van der Waals surface area contributed by atoms with Gasteiger partial charge in [-0.25, -0.2) is 4.68 Å². The number of fused-ring (bicyclic) bond motifs is 3. The van der Waals surface area contributed by atoms with Crippen molar-refractivity contribution < 1.29 is 9.53 Å². The summed E-state index contributed by atoms with van der Waals surface area (Å²) < 4.78 is 10.8. The Bertz CT molecular complexity index is 1780. The van der Waals surface area contributed by atoms with Crippen LogP contribution in [-0.2, 0) is 11.3 Å². The summed E-state index contributed by atoms with van der Waals surface area (Å²) in [7, 11) is 0. The van der Waals surface area contributed by atoms with Crippen LogP contribution >= 0.6 is 0 Å². The zero-order valence-corrected chi connectivity index (χ0v) is 20.3. The highest BCUT2D eigenvalue weighted by molar-refractivity contribution is 5.99. The van der Waals surface area contributed by atoms with Crippen LogP contribution in [0, 0.1) is 6.92 Å². The van der Waals surface area contributed by atoms with E-state index in [0.29, 0.717) is 34.6 Å². The Morgan fingerprint density at radius 3 is 2.51 bits per heavy atom. The number of aryl methyl sites for hydroxylation is 1. The fourth-order valence-electron chi connectivity index (χ4n) is 4.65. The van der Waals surface area contributed by atoms with Crippen LogP contribution in [0.3, 0.4) is 0 Å². The quantitative estimate of drug-likeness (QED) is 0.258. The molecule has 0 spiro atoms. The number of rotatable bonds is 5. The van der Waals surface area contributed by atoms with E-state index in [1.54, 1.807) is 16.9 Å². The summed E-state index contributed by atoms with van der Waals surface area (Å²) in [6, 6.07) is 23.1. The third kappa shape index (κ3) is 3.98. The molecule has 2 aliphatic heterocycles. The van der Waals surface area contributed by atoms with Crippen molar-refractivity contribution in [3.63, 3.8) is 0 Å². The minimum Gasteiger partial charge on any atom is -0.426 e. The third-order valence-corrected chi connectivity index (χ3v) is 6.37. The van der Waals surface area contributed by atoms with Crippen molar-refractivity contribution in [1.29, 1.82) is 0 Å². The predicted octanol–water partition coefficient (Wildman–Crippen LogP) is 4.76. The maximum absolute atomic E-state index is 13.6. The summed E-state index contributed by atoms with van der Waals surface area (Å²) in [4.78, 5) is 25.5. The van der Waals surface area contributed by atoms with Crippen LogP contribution in [0.15, 0.2) is 96.2 Å². The normalized spacial score (nSPS) is 11.3. The number of nitrogens with zero attached hydrogens (tertiary/aromatic N) is 5. The van der Waals surface area contributed by atoms with Crippen LogP contribution in [-0.4, -0.2) is 30.1 Å². The van der Waals surface area contributed by atoms with Crippen molar-refractivity contribution in [2.24, 2.45) is 0 Å². The van der Waals surface area contributed by atoms with Gasteiger partial charge in [0.1, 0.15) is 11.4 Å². The smallest absolute Gasteiger partial charge is 0.308 e. The van der Waals surface area contributed by atoms with Gasteiger partial charge in [-0.1, -0.05) is 36.4 Å². The molecule has 0 saturated carbocycles. The number of carbonyl (C=O) groups is 1. The number of ether oxygens (including phenoxy) is 1. The average Bonchev–Trinajstić information content (AvgIpc) is 3.54. The minimum absolute atomic E-state index is 0.230. The Balaban J connectivity index is 1.54. The molecule has 4 aromatic rings. The first-order chi connectivity index (χ1) is 18.0. The lowest BCUT2D eigenvalue weighted by Crippen LogP contribution is -2.16. The van der Waals surface area contributed by atoms with E-state index < -0.39 is 5.97 Å². The zero-order chi connectivity index (χ0) is 25.5. The first-order valence-corrected chi connectivity index (χ1v) is 11.9. The van der Waals surface area contributed by atoms with Crippen molar-refractivity contribution in [1.82, 2.24) is 24.1 Å². The SMILES string of the molecule is CC(=O)Oc1cccc2c1c1nn(-c3ccccc3C)c(=O)c-1cn2Cc1ccc(-n2cccn2)cc1. The topological polar surface area (TPSA) is 83.9 Å². The molecule has 0 atom stereocenters. The molecule has 37 heavy (non-hydrogen) atoms. The first-order valence-electron chi connectivity index (χ1n) is 11.9. The molecule has 0 bridgehead atoms. The minimum atomic E-state index is -0.439. The highest BCUT2D eigenvalue weighted by atomic mass is 16.5. The number of hydrogen-bond acceptors (Lipinski definition) is 5. The highest BCUT2D eigenvalue weighted by Gasteiger charge is 2.24. The van der Waals surface area contributed by atoms with E-state index >= 15 is 0 Å². The van der Waals surface area contributed by atoms with Crippen LogP contribution in [0.25, 0.3) is 33.5 Å². The Morgan fingerprint density at radius 1 is 0.973 bits per heavy atom. The number of hydrogen-bond donors (Lipinski definition) is 0. The maximum Gasteiger partial charge on any atom is 0.308 e. The molecule has 6 rings (SSSR count). The molecule has 0 aliphatic carbocycles. The summed E-state index contributed by atoms with van der Waals surface area (Å²) in [5, 5.41) is 9.61. The molecule has 0 radical (unpaired) electrons. The molecule has 0 amide bonds. The van der Waals surface area contributed by atoms with E-state index in [-0.39, 0.29) is 5.56 Å². The van der Waals surface area contributed by atoms with Crippen molar-refractivity contribution in [3.8, 4) is 28.4 Å². The standard InChI is InChI=1S/C29H23N5O3/c1-19-7-3-4-8-24(19)34-29(36)23-18-32(17-21-11-13-22(14-12-21)33-16-6-15-30-33)25-9-5-10-26(37-20(2)35)27(25)28(23)31-34/h3-16,18H,17H2,1-2H3. The molecule has 1 aromatic heterocycles. The molecular formula is C29H23N5O3. The Hall–Kier alpha value is -4.98. The molecule has 0 unspecified atom stereocenters. The Morgan fingerprint density at radius 2 is 1.78 bits per heavy atom. The van der Waals surface area contributed by atoms with Crippen LogP contribution in [0.5, 0.6) is 5.75 Å². The summed E-state index contributed by atoms with van der Waals surface area (Å²) in [6.07, 6.45) is 5.47. The molecule has 182 valence electrons. The molecule has 3 aromatic carbocycles. The second-order valence-corrected chi connectivity index (χ2v) is 8.88. The monoisotopic (exact) mass is 489 g/mol. The van der Waals surface area contributed by atoms with Gasteiger partial charge in [0.05, 0.1) is 27.8 Å². The lowest BCUT2D eigenvalue weighted by Gasteiger charge is -2.16. The van der Waals surface area contributed by atoms with Gasteiger partial charge in [0.15, 0.2) is 0 Å². The van der Waals surface area contributed by atoms with Gasteiger partial charge in [0.25, 0.3) is 5.56 Å². The van der Waals surface area contributed by atoms with Gasteiger partial charge >= 0.3 is 5.97 Å². The van der Waals surface area contributed by atoms with Crippen molar-refractivity contribution in [2.75, 3.05) is 0 Å². The molecule has 8 heteroatoms. The van der Waals surface area contributed by atoms with Crippen LogP contribution in [0.1, 0.15) is 18.1 Å². The van der Waals surface area contributed by atoms with E-state index in [9.17, 15) is 9.59 Å². The van der Waals surface area contributed by atoms with Gasteiger partial charge in [-0.05, 0) is 54.4 Å². The van der Waals surface area contributed by atoms with E-state index in [1.807, 2.05) is 90.6 Å². The lowest BCUT2D eigenvalue weighted by atomic mass is 10.1. The van der Waals surface area contributed by atoms with Crippen molar-refractivity contribution in [2.45, 2.75) is 20.4 Å². The number of carbonyl (C=O) groups excluding carboxylic acids is 1. The van der Waals surface area contributed by atoms with E-state index in [0.717, 1.165) is 22.3 Å². The fraction of sp³-hybridized carbons (Fsp3) is 0.103. The van der Waals surface area contributed by atoms with E-state index in [2.05, 4.69) is 5.10 Å². The second-order valence-electron chi connectivity index (χ2n) is 8.88. The van der Waals surface area contributed by atoms with Gasteiger partial charge in [-0.2, -0.15) is 14.9 Å². The molecule has 2 aliphatic rings. The van der Waals surface area contributed by atoms with Gasteiger partial charge in [0.2, 0.25) is 0 Å². The van der Waals surface area contributed by atoms with Gasteiger partial charge < -0.3 is 9.30 Å². The third-order valence-electron chi connectivity index (χ3n) is 6.37. The summed E-state index contributed by atoms with van der Waals surface area (Å²) in [5.74, 6) is -0.0706. The molecule has 3 heterocycles. The molecule has 0 fully saturated rings. The van der Waals surface area contributed by atoms with Crippen LogP contribution in [0.2, 0.25) is 0 Å². The second kappa shape index (κ2) is 8.91. The Labute approximate surface area is 212 Å². The van der Waals surface area contributed by atoms with Gasteiger partial charge in [0, 0.05) is 32.1 Å². The summed E-state index contributed by atoms with van der Waals surface area (Å²) in [5.41, 5.74) is 5.15. The molecular weight excluding hydrogens is 466 g/mol. The van der Waals surface area contributed by atoms with Crippen molar-refractivity contribution in [3.05, 3.63) is 113 Å².